The maximum absolute atomic E-state index is 4.81. The van der Waals surface area contributed by atoms with Gasteiger partial charge in [-0.2, -0.15) is 0 Å². The minimum absolute atomic E-state index is 0.500. The molecule has 1 aliphatic carbocycles. The van der Waals surface area contributed by atoms with Crippen molar-refractivity contribution in [1.29, 1.82) is 0 Å². The molecule has 2 rings (SSSR count). The van der Waals surface area contributed by atoms with E-state index in [4.69, 9.17) is 4.52 Å². The highest BCUT2D eigenvalue weighted by atomic mass is 16.5. The third-order valence-electron chi connectivity index (χ3n) is 3.27. The third-order valence-corrected chi connectivity index (χ3v) is 3.27. The molecule has 3 nitrogen and oxygen atoms in total. The van der Waals surface area contributed by atoms with Crippen LogP contribution in [0, 0.1) is 5.41 Å². The van der Waals surface area contributed by atoms with Gasteiger partial charge in [0.2, 0.25) is 0 Å². The zero-order valence-corrected chi connectivity index (χ0v) is 9.62. The molecule has 0 bridgehead atoms. The molecular formula is C12H20N2O. The van der Waals surface area contributed by atoms with Gasteiger partial charge in [-0.25, -0.2) is 0 Å². The van der Waals surface area contributed by atoms with Crippen molar-refractivity contribution in [1.82, 2.24) is 10.5 Å². The van der Waals surface area contributed by atoms with Crippen LogP contribution in [-0.4, -0.2) is 11.2 Å². The summed E-state index contributed by atoms with van der Waals surface area (Å²) in [6.45, 7) is 5.55. The summed E-state index contributed by atoms with van der Waals surface area (Å²) < 4.78 is 4.81. The molecule has 1 unspecified atom stereocenters. The van der Waals surface area contributed by atoms with Gasteiger partial charge >= 0.3 is 0 Å². The van der Waals surface area contributed by atoms with Crippen molar-refractivity contribution in [3.8, 4) is 0 Å². The summed E-state index contributed by atoms with van der Waals surface area (Å²) in [5.41, 5.74) is 1.50. The summed E-state index contributed by atoms with van der Waals surface area (Å²) in [7, 11) is 0. The standard InChI is InChI=1S/C12H20N2O/c1-12(2)6-3-4-10(8-12)13-9-11-5-7-15-14-11/h5,7,10,13H,3-4,6,8-9H2,1-2H3. The van der Waals surface area contributed by atoms with Gasteiger partial charge in [-0.15, -0.1) is 0 Å². The predicted molar refractivity (Wildman–Crippen MR) is 59.4 cm³/mol. The van der Waals surface area contributed by atoms with Gasteiger partial charge in [0, 0.05) is 18.7 Å². The Morgan fingerprint density at radius 2 is 2.47 bits per heavy atom. The summed E-state index contributed by atoms with van der Waals surface area (Å²) in [4.78, 5) is 0. The topological polar surface area (TPSA) is 38.1 Å². The first kappa shape index (κ1) is 10.7. The molecule has 0 aliphatic heterocycles. The maximum Gasteiger partial charge on any atom is 0.124 e. The molecular weight excluding hydrogens is 188 g/mol. The number of aromatic nitrogens is 1. The van der Waals surface area contributed by atoms with Crippen LogP contribution in [0.3, 0.4) is 0 Å². The van der Waals surface area contributed by atoms with Gasteiger partial charge in [-0.3, -0.25) is 0 Å². The lowest BCUT2D eigenvalue weighted by molar-refractivity contribution is 0.197. The van der Waals surface area contributed by atoms with Crippen molar-refractivity contribution in [2.24, 2.45) is 5.41 Å². The minimum Gasteiger partial charge on any atom is -0.364 e. The van der Waals surface area contributed by atoms with E-state index in [2.05, 4.69) is 24.3 Å². The summed E-state index contributed by atoms with van der Waals surface area (Å²) in [6, 6.07) is 2.56. The van der Waals surface area contributed by atoms with E-state index in [0.717, 1.165) is 12.2 Å². The molecule has 0 radical (unpaired) electrons. The average molecular weight is 208 g/mol. The highest BCUT2D eigenvalue weighted by molar-refractivity contribution is 4.95. The van der Waals surface area contributed by atoms with Crippen LogP contribution in [0.5, 0.6) is 0 Å². The van der Waals surface area contributed by atoms with E-state index in [1.54, 1.807) is 6.26 Å². The molecule has 0 saturated heterocycles. The molecule has 15 heavy (non-hydrogen) atoms. The molecule has 1 heterocycles. The summed E-state index contributed by atoms with van der Waals surface area (Å²) in [6.07, 6.45) is 6.88. The fourth-order valence-electron chi connectivity index (χ4n) is 2.45. The van der Waals surface area contributed by atoms with Crippen LogP contribution in [-0.2, 0) is 6.54 Å². The lowest BCUT2D eigenvalue weighted by atomic mass is 9.75. The number of nitrogens with one attached hydrogen (secondary N) is 1. The second-order valence-electron chi connectivity index (χ2n) is 5.33. The molecule has 1 atom stereocenters. The first-order valence-electron chi connectivity index (χ1n) is 5.78. The van der Waals surface area contributed by atoms with Crippen LogP contribution >= 0.6 is 0 Å². The first-order valence-corrected chi connectivity index (χ1v) is 5.78. The lowest BCUT2D eigenvalue weighted by Gasteiger charge is -2.35. The van der Waals surface area contributed by atoms with E-state index >= 15 is 0 Å². The number of rotatable bonds is 3. The van der Waals surface area contributed by atoms with Crippen molar-refractivity contribution >= 4 is 0 Å². The van der Waals surface area contributed by atoms with E-state index in [0.29, 0.717) is 11.5 Å². The second kappa shape index (κ2) is 4.35. The molecule has 3 heteroatoms. The Hall–Kier alpha value is -0.830. The number of hydrogen-bond donors (Lipinski definition) is 1. The smallest absolute Gasteiger partial charge is 0.124 e. The second-order valence-corrected chi connectivity index (χ2v) is 5.33. The van der Waals surface area contributed by atoms with Crippen molar-refractivity contribution in [3.63, 3.8) is 0 Å². The largest absolute Gasteiger partial charge is 0.364 e. The van der Waals surface area contributed by atoms with Gasteiger partial charge in [-0.05, 0) is 24.7 Å². The van der Waals surface area contributed by atoms with Crippen LogP contribution in [0.15, 0.2) is 16.9 Å². The normalized spacial score (nSPS) is 25.3. The van der Waals surface area contributed by atoms with Crippen LogP contribution < -0.4 is 5.32 Å². The molecule has 1 aromatic rings. The Morgan fingerprint density at radius 1 is 1.60 bits per heavy atom. The van der Waals surface area contributed by atoms with E-state index in [-0.39, 0.29) is 0 Å². The number of nitrogens with zero attached hydrogens (tertiary/aromatic N) is 1. The van der Waals surface area contributed by atoms with Crippen molar-refractivity contribution in [2.45, 2.75) is 52.1 Å². The Labute approximate surface area is 91.2 Å². The monoisotopic (exact) mass is 208 g/mol. The highest BCUT2D eigenvalue weighted by Crippen LogP contribution is 2.35. The zero-order valence-electron chi connectivity index (χ0n) is 9.62. The van der Waals surface area contributed by atoms with Crippen LogP contribution in [0.1, 0.15) is 45.2 Å². The fraction of sp³-hybridized carbons (Fsp3) is 0.750. The van der Waals surface area contributed by atoms with E-state index in [1.807, 2.05) is 6.07 Å². The summed E-state index contributed by atoms with van der Waals surface area (Å²) in [5, 5.41) is 7.46. The van der Waals surface area contributed by atoms with E-state index in [1.165, 1.54) is 25.7 Å². The molecule has 1 aromatic heterocycles. The minimum atomic E-state index is 0.500. The van der Waals surface area contributed by atoms with E-state index < -0.39 is 0 Å². The van der Waals surface area contributed by atoms with Gasteiger partial charge in [-0.1, -0.05) is 25.4 Å². The van der Waals surface area contributed by atoms with Crippen molar-refractivity contribution in [3.05, 3.63) is 18.0 Å². The summed E-state index contributed by atoms with van der Waals surface area (Å²) in [5.74, 6) is 0. The van der Waals surface area contributed by atoms with Crippen LogP contribution in [0.4, 0.5) is 0 Å². The molecule has 0 aromatic carbocycles. The van der Waals surface area contributed by atoms with Gasteiger partial charge in [0.05, 0.1) is 5.69 Å². The molecule has 0 spiro atoms. The van der Waals surface area contributed by atoms with Crippen LogP contribution in [0.2, 0.25) is 0 Å². The van der Waals surface area contributed by atoms with Crippen molar-refractivity contribution in [2.75, 3.05) is 0 Å². The van der Waals surface area contributed by atoms with Gasteiger partial charge in [0.1, 0.15) is 6.26 Å². The quantitative estimate of drug-likeness (QED) is 0.830. The van der Waals surface area contributed by atoms with Crippen LogP contribution in [0.25, 0.3) is 0 Å². The SMILES string of the molecule is CC1(C)CCCC(NCc2ccon2)C1. The fourth-order valence-corrected chi connectivity index (χ4v) is 2.45. The Morgan fingerprint density at radius 3 is 3.13 bits per heavy atom. The third kappa shape index (κ3) is 3.06. The Bertz CT molecular complexity index is 293. The molecule has 1 N–H and O–H groups in total. The average Bonchev–Trinajstić information content (AvgIpc) is 2.65. The Balaban J connectivity index is 1.80. The van der Waals surface area contributed by atoms with E-state index in [9.17, 15) is 0 Å². The first-order chi connectivity index (χ1) is 7.16. The maximum atomic E-state index is 4.81. The van der Waals surface area contributed by atoms with Crippen molar-refractivity contribution < 1.29 is 4.52 Å². The summed E-state index contributed by atoms with van der Waals surface area (Å²) >= 11 is 0. The van der Waals surface area contributed by atoms with Gasteiger partial charge in [0.15, 0.2) is 0 Å². The Kier molecular flexibility index (Phi) is 3.10. The molecule has 1 saturated carbocycles. The lowest BCUT2D eigenvalue weighted by Crippen LogP contribution is -2.36. The molecule has 84 valence electrons. The number of hydrogen-bond acceptors (Lipinski definition) is 3. The molecule has 1 fully saturated rings. The predicted octanol–water partition coefficient (Wildman–Crippen LogP) is 2.73. The molecule has 1 aliphatic rings. The van der Waals surface area contributed by atoms with Gasteiger partial charge in [0.25, 0.3) is 0 Å². The highest BCUT2D eigenvalue weighted by Gasteiger charge is 2.27. The zero-order chi connectivity index (χ0) is 10.7. The molecule has 0 amide bonds. The van der Waals surface area contributed by atoms with Gasteiger partial charge < -0.3 is 9.84 Å².